The predicted octanol–water partition coefficient (Wildman–Crippen LogP) is 4.67. The van der Waals surface area contributed by atoms with Crippen molar-refractivity contribution in [3.63, 3.8) is 0 Å². The van der Waals surface area contributed by atoms with Gasteiger partial charge in [-0.05, 0) is 54.4 Å². The van der Waals surface area contributed by atoms with E-state index in [2.05, 4.69) is 20.2 Å². The summed E-state index contributed by atoms with van der Waals surface area (Å²) in [5.41, 5.74) is 3.18. The Hall–Kier alpha value is -3.30. The van der Waals surface area contributed by atoms with Crippen molar-refractivity contribution < 1.29 is 14.0 Å². The lowest BCUT2D eigenvalue weighted by molar-refractivity contribution is 0.0995. The number of nitrogens with zero attached hydrogens (tertiary/aromatic N) is 2. The Morgan fingerprint density at radius 3 is 2.57 bits per heavy atom. The van der Waals surface area contributed by atoms with Gasteiger partial charge in [-0.15, -0.1) is 16.4 Å². The summed E-state index contributed by atoms with van der Waals surface area (Å²) < 4.78 is 8.92. The van der Waals surface area contributed by atoms with Crippen molar-refractivity contribution in [2.24, 2.45) is 0 Å². The topological polar surface area (TPSA) is 97.1 Å². The second kappa shape index (κ2) is 7.75. The minimum absolute atomic E-state index is 0.215. The van der Waals surface area contributed by atoms with Crippen LogP contribution >= 0.6 is 22.9 Å². The van der Waals surface area contributed by atoms with Crippen molar-refractivity contribution in [1.82, 2.24) is 9.59 Å². The monoisotopic (exact) mass is 410 g/mol. The molecule has 0 atom stereocenters. The molecule has 0 aliphatic carbocycles. The molecule has 0 aliphatic rings. The van der Waals surface area contributed by atoms with Crippen molar-refractivity contribution in [2.75, 3.05) is 10.6 Å². The molecule has 0 bridgehead atoms. The van der Waals surface area contributed by atoms with Crippen LogP contribution in [-0.2, 0) is 0 Å². The van der Waals surface area contributed by atoms with Crippen molar-refractivity contribution >= 4 is 45.4 Å². The Labute approximate surface area is 168 Å². The molecule has 0 aliphatic heterocycles. The molecule has 2 N–H and O–H groups in total. The molecule has 0 saturated heterocycles. The molecule has 0 unspecified atom stereocenters. The fourth-order valence-corrected chi connectivity index (χ4v) is 3.98. The number of furan rings is 1. The number of amides is 2. The van der Waals surface area contributed by atoms with Crippen LogP contribution in [0.2, 0.25) is 0 Å². The van der Waals surface area contributed by atoms with Gasteiger partial charge in [0.15, 0.2) is 5.76 Å². The summed E-state index contributed by atoms with van der Waals surface area (Å²) in [6.07, 6.45) is 1.43. The highest BCUT2D eigenvalue weighted by atomic mass is 32.1. The molecule has 0 spiro atoms. The van der Waals surface area contributed by atoms with E-state index in [1.165, 1.54) is 29.1 Å². The van der Waals surface area contributed by atoms with Crippen LogP contribution in [0.1, 0.15) is 25.8 Å². The number of aryl methyl sites for hydroxylation is 1. The molecule has 9 heteroatoms. The lowest BCUT2D eigenvalue weighted by Gasteiger charge is -2.05. The smallest absolute Gasteiger partial charge is 0.291 e. The molecule has 0 saturated carbocycles. The van der Waals surface area contributed by atoms with Crippen LogP contribution in [0.15, 0.2) is 58.5 Å². The zero-order chi connectivity index (χ0) is 19.5. The maximum Gasteiger partial charge on any atom is 0.291 e. The molecular weight excluding hydrogens is 396 g/mol. The average Bonchev–Trinajstić information content (AvgIpc) is 3.44. The summed E-state index contributed by atoms with van der Waals surface area (Å²) in [5.74, 6) is -0.373. The number of hydrogen-bond acceptors (Lipinski definition) is 7. The van der Waals surface area contributed by atoms with E-state index in [-0.39, 0.29) is 17.6 Å². The Kier molecular flexibility index (Phi) is 5.00. The first kappa shape index (κ1) is 18.1. The fraction of sp³-hybridized carbons (Fsp3) is 0.0526. The number of rotatable bonds is 5. The van der Waals surface area contributed by atoms with E-state index >= 15 is 0 Å². The summed E-state index contributed by atoms with van der Waals surface area (Å²) in [6.45, 7) is 1.83. The van der Waals surface area contributed by atoms with E-state index in [1.54, 1.807) is 18.2 Å². The Morgan fingerprint density at radius 1 is 1.07 bits per heavy atom. The normalized spacial score (nSPS) is 10.6. The molecule has 4 rings (SSSR count). The third-order valence-electron chi connectivity index (χ3n) is 3.90. The van der Waals surface area contributed by atoms with Gasteiger partial charge in [0.05, 0.1) is 16.1 Å². The second-order valence-corrected chi connectivity index (χ2v) is 7.54. The van der Waals surface area contributed by atoms with Gasteiger partial charge < -0.3 is 15.1 Å². The molecule has 1 aromatic carbocycles. The van der Waals surface area contributed by atoms with Gasteiger partial charge >= 0.3 is 0 Å². The Bertz CT molecular complexity index is 1100. The van der Waals surface area contributed by atoms with Gasteiger partial charge in [-0.3, -0.25) is 9.59 Å². The minimum Gasteiger partial charge on any atom is -0.459 e. The first-order valence-corrected chi connectivity index (χ1v) is 9.89. The number of thiophene rings is 1. The van der Waals surface area contributed by atoms with E-state index in [4.69, 9.17) is 4.42 Å². The van der Waals surface area contributed by atoms with Crippen molar-refractivity contribution in [1.29, 1.82) is 0 Å². The quantitative estimate of drug-likeness (QED) is 0.498. The van der Waals surface area contributed by atoms with Crippen LogP contribution in [0.25, 0.3) is 11.3 Å². The summed E-state index contributed by atoms with van der Waals surface area (Å²) in [7, 11) is 0. The van der Waals surface area contributed by atoms with E-state index in [0.717, 1.165) is 16.8 Å². The standard InChI is InChI=1S/C19H14N4O3S2/c1-11-9-16(21-18(24)15-3-2-8-26-15)28-17(11)19(25)20-13-6-4-12(5-7-13)14-10-27-23-22-14/h2-10H,1H3,(H,20,25)(H,21,24). The molecule has 140 valence electrons. The van der Waals surface area contributed by atoms with E-state index in [0.29, 0.717) is 15.6 Å². The first-order valence-electron chi connectivity index (χ1n) is 8.24. The van der Waals surface area contributed by atoms with Crippen LogP contribution in [0, 0.1) is 6.92 Å². The lowest BCUT2D eigenvalue weighted by atomic mass is 10.1. The molecule has 3 heterocycles. The SMILES string of the molecule is Cc1cc(NC(=O)c2ccco2)sc1C(=O)Nc1ccc(-c2csnn2)cc1. The number of carbonyl (C=O) groups is 2. The predicted molar refractivity (Wildman–Crippen MR) is 109 cm³/mol. The Morgan fingerprint density at radius 2 is 1.89 bits per heavy atom. The van der Waals surface area contributed by atoms with E-state index in [1.807, 2.05) is 36.6 Å². The van der Waals surface area contributed by atoms with Crippen LogP contribution < -0.4 is 10.6 Å². The third-order valence-corrected chi connectivity index (χ3v) is 5.56. The number of hydrogen-bond donors (Lipinski definition) is 2. The van der Waals surface area contributed by atoms with Gasteiger partial charge in [-0.25, -0.2) is 0 Å². The van der Waals surface area contributed by atoms with Crippen LogP contribution in [-0.4, -0.2) is 21.4 Å². The van der Waals surface area contributed by atoms with Crippen LogP contribution in [0.4, 0.5) is 10.7 Å². The highest BCUT2D eigenvalue weighted by Crippen LogP contribution is 2.28. The Balaban J connectivity index is 1.45. The van der Waals surface area contributed by atoms with Gasteiger partial charge in [0.2, 0.25) is 0 Å². The molecule has 0 fully saturated rings. The van der Waals surface area contributed by atoms with Crippen molar-refractivity contribution in [3.8, 4) is 11.3 Å². The zero-order valence-corrected chi connectivity index (χ0v) is 16.3. The molecule has 7 nitrogen and oxygen atoms in total. The van der Waals surface area contributed by atoms with Gasteiger partial charge in [0, 0.05) is 16.6 Å². The molecule has 2 amide bonds. The lowest BCUT2D eigenvalue weighted by Crippen LogP contribution is -2.11. The molecule has 0 radical (unpaired) electrons. The summed E-state index contributed by atoms with van der Waals surface area (Å²) >= 11 is 2.50. The van der Waals surface area contributed by atoms with E-state index < -0.39 is 0 Å². The number of anilines is 2. The van der Waals surface area contributed by atoms with Gasteiger partial charge in [-0.1, -0.05) is 16.6 Å². The zero-order valence-electron chi connectivity index (χ0n) is 14.6. The fourth-order valence-electron chi connectivity index (χ4n) is 2.55. The highest BCUT2D eigenvalue weighted by Gasteiger charge is 2.17. The molecule has 3 aromatic heterocycles. The van der Waals surface area contributed by atoms with Gasteiger partial charge in [0.25, 0.3) is 11.8 Å². The third kappa shape index (κ3) is 3.85. The summed E-state index contributed by atoms with van der Waals surface area (Å²) in [5, 5.41) is 12.1. The number of aromatic nitrogens is 2. The minimum atomic E-state index is -0.356. The maximum absolute atomic E-state index is 12.6. The molecular formula is C19H14N4O3S2. The molecule has 4 aromatic rings. The molecule has 28 heavy (non-hydrogen) atoms. The number of nitrogens with one attached hydrogen (secondary N) is 2. The van der Waals surface area contributed by atoms with Crippen molar-refractivity contribution in [3.05, 3.63) is 70.3 Å². The van der Waals surface area contributed by atoms with Crippen LogP contribution in [0.5, 0.6) is 0 Å². The van der Waals surface area contributed by atoms with E-state index in [9.17, 15) is 9.59 Å². The second-order valence-electron chi connectivity index (χ2n) is 5.88. The highest BCUT2D eigenvalue weighted by molar-refractivity contribution is 7.18. The van der Waals surface area contributed by atoms with Crippen LogP contribution in [0.3, 0.4) is 0 Å². The average molecular weight is 410 g/mol. The van der Waals surface area contributed by atoms with Gasteiger partial charge in [-0.2, -0.15) is 0 Å². The van der Waals surface area contributed by atoms with Crippen molar-refractivity contribution in [2.45, 2.75) is 6.92 Å². The summed E-state index contributed by atoms with van der Waals surface area (Å²) in [6, 6.07) is 12.4. The van der Waals surface area contributed by atoms with Gasteiger partial charge in [0.1, 0.15) is 5.69 Å². The number of carbonyl (C=O) groups excluding carboxylic acids is 2. The number of benzene rings is 1. The first-order chi connectivity index (χ1) is 13.6. The largest absolute Gasteiger partial charge is 0.459 e. The maximum atomic E-state index is 12.6. The summed E-state index contributed by atoms with van der Waals surface area (Å²) in [4.78, 5) is 25.2.